The molecule has 9 heteroatoms. The molecule has 1 unspecified atom stereocenters. The normalized spacial score (nSPS) is 11.8. The predicted molar refractivity (Wildman–Crippen MR) is 96.9 cm³/mol. The number of methoxy groups -OCH3 is 1. The molecule has 1 atom stereocenters. The van der Waals surface area contributed by atoms with Crippen LogP contribution in [0, 0.1) is 0 Å². The summed E-state index contributed by atoms with van der Waals surface area (Å²) in [4.78, 5) is 23.3. The van der Waals surface area contributed by atoms with Crippen molar-refractivity contribution in [3.05, 3.63) is 60.2 Å². The number of aliphatic carboxylic acids is 1. The zero-order chi connectivity index (χ0) is 19.4. The summed E-state index contributed by atoms with van der Waals surface area (Å²) in [6.45, 7) is 2.01. The Balaban J connectivity index is 1.65. The molecule has 2 aromatic heterocycles. The smallest absolute Gasteiger partial charge is 0.328 e. The van der Waals surface area contributed by atoms with Gasteiger partial charge in [-0.15, -0.1) is 0 Å². The molecule has 3 rings (SSSR count). The van der Waals surface area contributed by atoms with Crippen LogP contribution in [0.1, 0.15) is 28.9 Å². The summed E-state index contributed by atoms with van der Waals surface area (Å²) in [6, 6.07) is 6.79. The molecule has 27 heavy (non-hydrogen) atoms. The fourth-order valence-corrected chi connectivity index (χ4v) is 2.46. The topological polar surface area (TPSA) is 111 Å². The molecule has 3 aromatic rings. The third-order valence-corrected chi connectivity index (χ3v) is 3.99. The zero-order valence-electron chi connectivity index (χ0n) is 14.9. The fourth-order valence-electron chi connectivity index (χ4n) is 2.46. The second-order valence-electron chi connectivity index (χ2n) is 5.96. The third kappa shape index (κ3) is 4.32. The van der Waals surface area contributed by atoms with Gasteiger partial charge in [0, 0.05) is 12.4 Å². The molecule has 0 saturated heterocycles. The van der Waals surface area contributed by atoms with Crippen molar-refractivity contribution in [2.45, 2.75) is 19.5 Å². The molecule has 1 aromatic carbocycles. The first-order valence-electron chi connectivity index (χ1n) is 8.20. The van der Waals surface area contributed by atoms with Gasteiger partial charge in [-0.05, 0) is 24.6 Å². The van der Waals surface area contributed by atoms with E-state index in [1.54, 1.807) is 24.2 Å². The standard InChI is InChI=1S/C18H19N5O4/c1-12(18(25)26)23-10-14(7-20-23)17(24)21-15-8-19-22(11-15)9-13-4-3-5-16(6-13)27-2/h3-8,10-12H,9H2,1-2H3,(H,21,24)(H,25,26). The molecule has 0 radical (unpaired) electrons. The molecule has 0 saturated carbocycles. The van der Waals surface area contributed by atoms with Crippen LogP contribution < -0.4 is 10.1 Å². The van der Waals surface area contributed by atoms with Crippen molar-refractivity contribution >= 4 is 17.6 Å². The minimum atomic E-state index is -1.02. The van der Waals surface area contributed by atoms with Gasteiger partial charge in [0.2, 0.25) is 0 Å². The number of anilines is 1. The fraction of sp³-hybridized carbons (Fsp3) is 0.222. The number of rotatable bonds is 7. The Morgan fingerprint density at radius 1 is 1.26 bits per heavy atom. The first-order chi connectivity index (χ1) is 13.0. The number of nitrogens with zero attached hydrogens (tertiary/aromatic N) is 4. The van der Waals surface area contributed by atoms with Crippen LogP contribution in [0.15, 0.2) is 49.1 Å². The van der Waals surface area contributed by atoms with Crippen molar-refractivity contribution < 1.29 is 19.4 Å². The number of carbonyl (C=O) groups excluding carboxylic acids is 1. The van der Waals surface area contributed by atoms with E-state index in [0.717, 1.165) is 11.3 Å². The van der Waals surface area contributed by atoms with Crippen LogP contribution >= 0.6 is 0 Å². The maximum absolute atomic E-state index is 12.3. The molecule has 2 N–H and O–H groups in total. The Hall–Kier alpha value is -3.62. The van der Waals surface area contributed by atoms with E-state index in [1.165, 1.54) is 24.0 Å². The van der Waals surface area contributed by atoms with Gasteiger partial charge in [-0.1, -0.05) is 12.1 Å². The van der Waals surface area contributed by atoms with Crippen molar-refractivity contribution in [1.29, 1.82) is 0 Å². The van der Waals surface area contributed by atoms with Gasteiger partial charge in [-0.25, -0.2) is 4.79 Å². The predicted octanol–water partition coefficient (Wildman–Crippen LogP) is 2.03. The highest BCUT2D eigenvalue weighted by Crippen LogP contribution is 2.15. The second kappa shape index (κ2) is 7.73. The lowest BCUT2D eigenvalue weighted by Gasteiger charge is -2.05. The maximum Gasteiger partial charge on any atom is 0.328 e. The number of aromatic nitrogens is 4. The lowest BCUT2D eigenvalue weighted by molar-refractivity contribution is -0.140. The Bertz CT molecular complexity index is 962. The van der Waals surface area contributed by atoms with Gasteiger partial charge in [0.05, 0.1) is 37.3 Å². The highest BCUT2D eigenvalue weighted by atomic mass is 16.5. The van der Waals surface area contributed by atoms with Crippen LogP contribution in [0.3, 0.4) is 0 Å². The molecule has 9 nitrogen and oxygen atoms in total. The van der Waals surface area contributed by atoms with Gasteiger partial charge >= 0.3 is 5.97 Å². The molecule has 0 aliphatic rings. The molecule has 0 aliphatic heterocycles. The summed E-state index contributed by atoms with van der Waals surface area (Å²) < 4.78 is 8.12. The SMILES string of the molecule is COc1cccc(Cn2cc(NC(=O)c3cnn(C(C)C(=O)O)c3)cn2)c1. The largest absolute Gasteiger partial charge is 0.497 e. The van der Waals surface area contributed by atoms with E-state index in [9.17, 15) is 9.59 Å². The van der Waals surface area contributed by atoms with Gasteiger partial charge < -0.3 is 15.2 Å². The number of amides is 1. The average Bonchev–Trinajstić information content (AvgIpc) is 3.31. The van der Waals surface area contributed by atoms with Gasteiger partial charge in [0.1, 0.15) is 11.8 Å². The number of carbonyl (C=O) groups is 2. The van der Waals surface area contributed by atoms with Crippen LogP contribution in [0.4, 0.5) is 5.69 Å². The van der Waals surface area contributed by atoms with Crippen LogP contribution in [-0.2, 0) is 11.3 Å². The van der Waals surface area contributed by atoms with E-state index in [2.05, 4.69) is 15.5 Å². The number of ether oxygens (including phenoxy) is 1. The first kappa shape index (κ1) is 18.2. The van der Waals surface area contributed by atoms with Gasteiger partial charge in [0.15, 0.2) is 0 Å². The average molecular weight is 369 g/mol. The minimum Gasteiger partial charge on any atom is -0.497 e. The Morgan fingerprint density at radius 3 is 2.81 bits per heavy atom. The molecule has 140 valence electrons. The van der Waals surface area contributed by atoms with Gasteiger partial charge in [0.25, 0.3) is 5.91 Å². The van der Waals surface area contributed by atoms with E-state index < -0.39 is 12.0 Å². The van der Waals surface area contributed by atoms with Crippen molar-refractivity contribution in [2.75, 3.05) is 12.4 Å². The summed E-state index contributed by atoms with van der Waals surface area (Å²) in [5, 5.41) is 19.9. The molecule has 0 bridgehead atoms. The van der Waals surface area contributed by atoms with Crippen LogP contribution in [0.2, 0.25) is 0 Å². The quantitative estimate of drug-likeness (QED) is 0.659. The number of carboxylic acids is 1. The van der Waals surface area contributed by atoms with Gasteiger partial charge in [-0.3, -0.25) is 14.2 Å². The maximum atomic E-state index is 12.3. The van der Waals surface area contributed by atoms with Crippen molar-refractivity contribution in [2.24, 2.45) is 0 Å². The second-order valence-corrected chi connectivity index (χ2v) is 5.96. The molecule has 0 spiro atoms. The Morgan fingerprint density at radius 2 is 2.07 bits per heavy atom. The molecule has 0 fully saturated rings. The Labute approximate surface area is 155 Å². The summed E-state index contributed by atoms with van der Waals surface area (Å²) in [7, 11) is 1.61. The lowest BCUT2D eigenvalue weighted by atomic mass is 10.2. The Kier molecular flexibility index (Phi) is 5.20. The van der Waals surface area contributed by atoms with E-state index in [1.807, 2.05) is 24.3 Å². The van der Waals surface area contributed by atoms with Crippen LogP contribution in [-0.4, -0.2) is 43.7 Å². The summed E-state index contributed by atoms with van der Waals surface area (Å²) >= 11 is 0. The molecular weight excluding hydrogens is 350 g/mol. The highest BCUT2D eigenvalue weighted by Gasteiger charge is 2.17. The molecule has 1 amide bonds. The minimum absolute atomic E-state index is 0.267. The number of hydrogen-bond acceptors (Lipinski definition) is 5. The monoisotopic (exact) mass is 369 g/mol. The summed E-state index contributed by atoms with van der Waals surface area (Å²) in [6.07, 6.45) is 5.98. The van der Waals surface area contributed by atoms with E-state index >= 15 is 0 Å². The highest BCUT2D eigenvalue weighted by molar-refractivity contribution is 6.03. The van der Waals surface area contributed by atoms with E-state index in [-0.39, 0.29) is 11.5 Å². The van der Waals surface area contributed by atoms with Gasteiger partial charge in [-0.2, -0.15) is 10.2 Å². The molecule has 2 heterocycles. The van der Waals surface area contributed by atoms with Crippen molar-refractivity contribution in [1.82, 2.24) is 19.6 Å². The van der Waals surface area contributed by atoms with Crippen LogP contribution in [0.25, 0.3) is 0 Å². The van der Waals surface area contributed by atoms with E-state index in [0.29, 0.717) is 12.2 Å². The number of benzene rings is 1. The van der Waals surface area contributed by atoms with Crippen LogP contribution in [0.5, 0.6) is 5.75 Å². The lowest BCUT2D eigenvalue weighted by Crippen LogP contribution is -2.16. The number of hydrogen-bond donors (Lipinski definition) is 2. The van der Waals surface area contributed by atoms with Crippen molar-refractivity contribution in [3.63, 3.8) is 0 Å². The number of carboxylic acid groups (broad SMARTS) is 1. The zero-order valence-corrected chi connectivity index (χ0v) is 14.9. The molecular formula is C18H19N5O4. The molecule has 0 aliphatic carbocycles. The van der Waals surface area contributed by atoms with Crippen molar-refractivity contribution in [3.8, 4) is 5.75 Å². The third-order valence-electron chi connectivity index (χ3n) is 3.99. The summed E-state index contributed by atoms with van der Waals surface area (Å²) in [5.41, 5.74) is 1.81. The number of nitrogens with one attached hydrogen (secondary N) is 1. The van der Waals surface area contributed by atoms with E-state index in [4.69, 9.17) is 9.84 Å². The summed E-state index contributed by atoms with van der Waals surface area (Å²) in [5.74, 6) is -0.649. The first-order valence-corrected chi connectivity index (χ1v) is 8.20.